The minimum Gasteiger partial charge on any atom is -0.495 e. The molecule has 0 spiro atoms. The van der Waals surface area contributed by atoms with Gasteiger partial charge in [0.2, 0.25) is 0 Å². The van der Waals surface area contributed by atoms with Crippen molar-refractivity contribution in [2.24, 2.45) is 11.3 Å². The Morgan fingerprint density at radius 2 is 1.71 bits per heavy atom. The first kappa shape index (κ1) is 17.6. The number of hydrogen-bond acceptors (Lipinski definition) is 3. The predicted octanol–water partition coefficient (Wildman–Crippen LogP) is 4.42. The van der Waals surface area contributed by atoms with Crippen molar-refractivity contribution < 1.29 is 4.74 Å². The van der Waals surface area contributed by atoms with Crippen LogP contribution in [0.3, 0.4) is 0 Å². The highest BCUT2D eigenvalue weighted by molar-refractivity contribution is 5.60. The average molecular weight is 331 g/mol. The number of methoxy groups -OCH3 is 1. The summed E-state index contributed by atoms with van der Waals surface area (Å²) in [5, 5.41) is 3.42. The van der Waals surface area contributed by atoms with Gasteiger partial charge < -0.3 is 15.0 Å². The van der Waals surface area contributed by atoms with Crippen molar-refractivity contribution in [2.75, 3.05) is 38.2 Å². The molecule has 3 nitrogen and oxygen atoms in total. The molecule has 1 saturated heterocycles. The normalized spacial score (nSPS) is 25.6. The molecule has 3 heteroatoms. The number of nitrogens with one attached hydrogen (secondary N) is 1. The summed E-state index contributed by atoms with van der Waals surface area (Å²) in [6, 6.07) is 6.94. The van der Waals surface area contributed by atoms with Crippen molar-refractivity contribution in [3.63, 3.8) is 0 Å². The molecule has 1 aromatic rings. The highest BCUT2D eigenvalue weighted by Gasteiger charge is 2.30. The van der Waals surface area contributed by atoms with Gasteiger partial charge in [0, 0.05) is 26.2 Å². The fourth-order valence-corrected chi connectivity index (χ4v) is 4.41. The second-order valence-corrected chi connectivity index (χ2v) is 8.58. The third kappa shape index (κ3) is 3.88. The molecule has 1 aromatic carbocycles. The number of ether oxygens (including phenoxy) is 1. The Kier molecular flexibility index (Phi) is 5.39. The molecule has 0 bridgehead atoms. The third-order valence-electron chi connectivity index (χ3n) is 6.08. The summed E-state index contributed by atoms with van der Waals surface area (Å²) in [7, 11) is 1.81. The fourth-order valence-electron chi connectivity index (χ4n) is 4.41. The second kappa shape index (κ2) is 7.35. The molecule has 1 N–H and O–H groups in total. The standard InChI is InChI=1S/C21H34N2O/c1-21(2,3)18-8-5-16(6-9-18)17-7-10-19(20(15-17)24-4)23-13-11-22-12-14-23/h7,10,15-16,18,22H,5-6,8-9,11-14H2,1-4H3. The molecule has 1 aliphatic heterocycles. The molecule has 1 aliphatic carbocycles. The molecule has 2 aliphatic rings. The third-order valence-corrected chi connectivity index (χ3v) is 6.08. The van der Waals surface area contributed by atoms with E-state index in [1.54, 1.807) is 7.11 Å². The van der Waals surface area contributed by atoms with E-state index >= 15 is 0 Å². The molecule has 134 valence electrons. The minimum absolute atomic E-state index is 0.453. The Morgan fingerprint density at radius 3 is 2.29 bits per heavy atom. The van der Waals surface area contributed by atoms with Crippen LogP contribution in [0.25, 0.3) is 0 Å². The van der Waals surface area contributed by atoms with E-state index in [1.807, 2.05) is 0 Å². The predicted molar refractivity (Wildman–Crippen MR) is 102 cm³/mol. The van der Waals surface area contributed by atoms with Crippen molar-refractivity contribution in [1.82, 2.24) is 5.32 Å². The molecule has 3 rings (SSSR count). The summed E-state index contributed by atoms with van der Waals surface area (Å²) >= 11 is 0. The van der Waals surface area contributed by atoms with E-state index in [0.717, 1.165) is 37.8 Å². The van der Waals surface area contributed by atoms with Crippen LogP contribution in [0.5, 0.6) is 5.75 Å². The molecule has 24 heavy (non-hydrogen) atoms. The van der Waals surface area contributed by atoms with Crippen LogP contribution in [0.1, 0.15) is 57.9 Å². The highest BCUT2D eigenvalue weighted by Crippen LogP contribution is 2.44. The summed E-state index contributed by atoms with van der Waals surface area (Å²) in [6.45, 7) is 11.4. The average Bonchev–Trinajstić information content (AvgIpc) is 2.61. The van der Waals surface area contributed by atoms with E-state index in [-0.39, 0.29) is 0 Å². The maximum Gasteiger partial charge on any atom is 0.142 e. The molecule has 1 heterocycles. The van der Waals surface area contributed by atoms with Crippen LogP contribution < -0.4 is 15.0 Å². The SMILES string of the molecule is COc1cc(C2CCC(C(C)(C)C)CC2)ccc1N1CCNCC1. The lowest BCUT2D eigenvalue weighted by Crippen LogP contribution is -2.43. The van der Waals surface area contributed by atoms with Gasteiger partial charge in [0.15, 0.2) is 0 Å². The van der Waals surface area contributed by atoms with Crippen LogP contribution in [0.4, 0.5) is 5.69 Å². The minimum atomic E-state index is 0.453. The molecular formula is C21H34N2O. The maximum atomic E-state index is 5.74. The smallest absolute Gasteiger partial charge is 0.142 e. The summed E-state index contributed by atoms with van der Waals surface area (Å²) in [5.74, 6) is 2.62. The Labute approximate surface area is 147 Å². The maximum absolute atomic E-state index is 5.74. The Balaban J connectivity index is 1.71. The highest BCUT2D eigenvalue weighted by atomic mass is 16.5. The van der Waals surface area contributed by atoms with E-state index in [4.69, 9.17) is 4.74 Å². The van der Waals surface area contributed by atoms with Crippen LogP contribution in [0.2, 0.25) is 0 Å². The van der Waals surface area contributed by atoms with Gasteiger partial charge in [-0.3, -0.25) is 0 Å². The second-order valence-electron chi connectivity index (χ2n) is 8.58. The van der Waals surface area contributed by atoms with E-state index in [9.17, 15) is 0 Å². The van der Waals surface area contributed by atoms with Gasteiger partial charge in [-0.05, 0) is 60.6 Å². The first-order chi connectivity index (χ1) is 11.5. The molecule has 0 atom stereocenters. The summed E-state index contributed by atoms with van der Waals surface area (Å²) in [4.78, 5) is 2.44. The summed E-state index contributed by atoms with van der Waals surface area (Å²) in [5.41, 5.74) is 3.18. The number of rotatable bonds is 3. The Morgan fingerprint density at radius 1 is 1.04 bits per heavy atom. The summed E-state index contributed by atoms with van der Waals surface area (Å²) < 4.78 is 5.74. The van der Waals surface area contributed by atoms with Crippen LogP contribution in [0.15, 0.2) is 18.2 Å². The largest absolute Gasteiger partial charge is 0.495 e. The van der Waals surface area contributed by atoms with Gasteiger partial charge in [-0.2, -0.15) is 0 Å². The van der Waals surface area contributed by atoms with Crippen LogP contribution in [-0.4, -0.2) is 33.3 Å². The van der Waals surface area contributed by atoms with Crippen LogP contribution in [0, 0.1) is 11.3 Å². The van der Waals surface area contributed by atoms with E-state index in [2.05, 4.69) is 49.2 Å². The Bertz CT molecular complexity index is 535. The van der Waals surface area contributed by atoms with E-state index in [1.165, 1.54) is 36.9 Å². The molecule has 0 amide bonds. The molecule has 2 fully saturated rings. The lowest BCUT2D eigenvalue weighted by atomic mass is 9.68. The zero-order valence-corrected chi connectivity index (χ0v) is 15.9. The molecule has 0 aromatic heterocycles. The van der Waals surface area contributed by atoms with Gasteiger partial charge in [0.05, 0.1) is 12.8 Å². The lowest BCUT2D eigenvalue weighted by Gasteiger charge is -2.37. The van der Waals surface area contributed by atoms with Gasteiger partial charge in [-0.15, -0.1) is 0 Å². The molecule has 0 unspecified atom stereocenters. The fraction of sp³-hybridized carbons (Fsp3) is 0.714. The van der Waals surface area contributed by atoms with Gasteiger partial charge >= 0.3 is 0 Å². The topological polar surface area (TPSA) is 24.5 Å². The molecule has 0 radical (unpaired) electrons. The van der Waals surface area contributed by atoms with Crippen molar-refractivity contribution in [3.05, 3.63) is 23.8 Å². The summed E-state index contributed by atoms with van der Waals surface area (Å²) in [6.07, 6.45) is 5.35. The van der Waals surface area contributed by atoms with Gasteiger partial charge in [-0.1, -0.05) is 26.8 Å². The monoisotopic (exact) mass is 330 g/mol. The van der Waals surface area contributed by atoms with Crippen molar-refractivity contribution >= 4 is 5.69 Å². The van der Waals surface area contributed by atoms with Crippen LogP contribution in [-0.2, 0) is 0 Å². The number of piperazine rings is 1. The van der Waals surface area contributed by atoms with Gasteiger partial charge in [0.1, 0.15) is 5.75 Å². The van der Waals surface area contributed by atoms with Gasteiger partial charge in [0.25, 0.3) is 0 Å². The molecule has 1 saturated carbocycles. The lowest BCUT2D eigenvalue weighted by molar-refractivity contribution is 0.169. The van der Waals surface area contributed by atoms with Crippen LogP contribution >= 0.6 is 0 Å². The first-order valence-corrected chi connectivity index (χ1v) is 9.62. The zero-order chi connectivity index (χ0) is 17.2. The quantitative estimate of drug-likeness (QED) is 0.887. The number of benzene rings is 1. The first-order valence-electron chi connectivity index (χ1n) is 9.62. The van der Waals surface area contributed by atoms with Crippen molar-refractivity contribution in [2.45, 2.75) is 52.4 Å². The number of nitrogens with zero attached hydrogens (tertiary/aromatic N) is 1. The number of anilines is 1. The zero-order valence-electron chi connectivity index (χ0n) is 15.9. The van der Waals surface area contributed by atoms with E-state index < -0.39 is 0 Å². The Hall–Kier alpha value is -1.22. The van der Waals surface area contributed by atoms with E-state index in [0.29, 0.717) is 11.3 Å². The van der Waals surface area contributed by atoms with Crippen molar-refractivity contribution in [1.29, 1.82) is 0 Å². The molecular weight excluding hydrogens is 296 g/mol. The number of hydrogen-bond donors (Lipinski definition) is 1. The van der Waals surface area contributed by atoms with Gasteiger partial charge in [-0.25, -0.2) is 0 Å². The van der Waals surface area contributed by atoms with Crippen molar-refractivity contribution in [3.8, 4) is 5.75 Å².